The number of anilines is 4. The van der Waals surface area contributed by atoms with Crippen LogP contribution in [0.4, 0.5) is 22.9 Å². The minimum atomic E-state index is -0.0538. The first-order valence-corrected chi connectivity index (χ1v) is 12.6. The number of pyridine rings is 1. The van der Waals surface area contributed by atoms with E-state index in [1.54, 1.807) is 12.3 Å². The summed E-state index contributed by atoms with van der Waals surface area (Å²) in [6.45, 7) is 6.57. The maximum absolute atomic E-state index is 12.2. The lowest BCUT2D eigenvalue weighted by atomic mass is 10.2. The lowest BCUT2D eigenvalue weighted by Crippen LogP contribution is -2.44. The molecule has 0 aliphatic carbocycles. The van der Waals surface area contributed by atoms with Gasteiger partial charge in [-0.3, -0.25) is 4.79 Å². The summed E-state index contributed by atoms with van der Waals surface area (Å²) in [6.07, 6.45) is 6.05. The number of carbonyl (C=O) groups excluding carboxylic acids is 1. The maximum Gasteiger partial charge on any atom is 0.243 e. The molecule has 9 heteroatoms. The van der Waals surface area contributed by atoms with Crippen LogP contribution in [0.2, 0.25) is 5.02 Å². The van der Waals surface area contributed by atoms with E-state index in [2.05, 4.69) is 61.6 Å². The van der Waals surface area contributed by atoms with Gasteiger partial charge in [0.1, 0.15) is 5.82 Å². The Balaban J connectivity index is 1.34. The average Bonchev–Trinajstić information content (AvgIpc) is 3.29. The zero-order valence-electron chi connectivity index (χ0n) is 20.9. The third-order valence-corrected chi connectivity index (χ3v) is 6.75. The first kappa shape index (κ1) is 25.3. The van der Waals surface area contributed by atoms with Crippen molar-refractivity contribution in [2.45, 2.75) is 12.5 Å². The zero-order valence-corrected chi connectivity index (χ0v) is 21.6. The fraction of sp³-hybridized carbons (Fsp3) is 0.462. The number of halogens is 1. The molecule has 0 bridgehead atoms. The van der Waals surface area contributed by atoms with E-state index in [4.69, 9.17) is 11.6 Å². The van der Waals surface area contributed by atoms with Crippen molar-refractivity contribution >= 4 is 40.4 Å². The Morgan fingerprint density at radius 3 is 2.60 bits per heavy atom. The second kappa shape index (κ2) is 11.7. The molecule has 2 fully saturated rings. The predicted molar refractivity (Wildman–Crippen MR) is 145 cm³/mol. The molecular formula is C26H36ClN7O. The van der Waals surface area contributed by atoms with Crippen molar-refractivity contribution in [1.29, 1.82) is 0 Å². The van der Waals surface area contributed by atoms with Crippen molar-refractivity contribution in [2.75, 3.05) is 82.1 Å². The largest absolute Gasteiger partial charge is 0.369 e. The summed E-state index contributed by atoms with van der Waals surface area (Å²) in [6, 6.07) is 10.6. The molecule has 3 heterocycles. The molecule has 2 N–H and O–H groups in total. The van der Waals surface area contributed by atoms with Crippen LogP contribution in [0.1, 0.15) is 6.42 Å². The summed E-state index contributed by atoms with van der Waals surface area (Å²) in [7, 11) is 6.12. The van der Waals surface area contributed by atoms with Gasteiger partial charge in [0.05, 0.1) is 16.9 Å². The summed E-state index contributed by atoms with van der Waals surface area (Å²) >= 11 is 6.50. The number of carbonyl (C=O) groups is 1. The standard InChI is InChI=1S/C26H36ClN7O/c1-31(2)11-4-5-26(35)30-21-10-12-34(19-21)24-17-25(28-18-23(24)27)29-20-6-8-22(9-7-20)33-15-13-32(3)14-16-33/h4-9,17-18,21H,10-16,19H2,1-3H3,(H,28,29)(H,30,35)/b5-4+/t21-/m1/s1. The van der Waals surface area contributed by atoms with Gasteiger partial charge in [0.25, 0.3) is 0 Å². The van der Waals surface area contributed by atoms with Crippen molar-refractivity contribution in [3.8, 4) is 0 Å². The van der Waals surface area contributed by atoms with E-state index in [1.165, 1.54) is 5.69 Å². The number of nitrogens with zero attached hydrogens (tertiary/aromatic N) is 5. The highest BCUT2D eigenvalue weighted by Crippen LogP contribution is 2.31. The van der Waals surface area contributed by atoms with Crippen LogP contribution in [-0.2, 0) is 4.79 Å². The third kappa shape index (κ3) is 7.10. The van der Waals surface area contributed by atoms with Crippen LogP contribution < -0.4 is 20.4 Å². The van der Waals surface area contributed by atoms with Gasteiger partial charge in [-0.2, -0.15) is 0 Å². The first-order chi connectivity index (χ1) is 16.9. The van der Waals surface area contributed by atoms with Gasteiger partial charge in [-0.25, -0.2) is 4.98 Å². The Hall–Kier alpha value is -2.81. The number of amides is 1. The summed E-state index contributed by atoms with van der Waals surface area (Å²) < 4.78 is 0. The average molecular weight is 498 g/mol. The van der Waals surface area contributed by atoms with Crippen molar-refractivity contribution in [3.63, 3.8) is 0 Å². The Morgan fingerprint density at radius 2 is 1.89 bits per heavy atom. The van der Waals surface area contributed by atoms with E-state index in [0.29, 0.717) is 5.02 Å². The topological polar surface area (TPSA) is 67.0 Å². The second-order valence-corrected chi connectivity index (χ2v) is 10.00. The molecule has 8 nitrogen and oxygen atoms in total. The lowest BCUT2D eigenvalue weighted by molar-refractivity contribution is -0.117. The van der Waals surface area contributed by atoms with Crippen LogP contribution in [0.25, 0.3) is 0 Å². The van der Waals surface area contributed by atoms with E-state index in [-0.39, 0.29) is 11.9 Å². The van der Waals surface area contributed by atoms with E-state index < -0.39 is 0 Å². The van der Waals surface area contributed by atoms with E-state index in [0.717, 1.165) is 69.4 Å². The number of piperazine rings is 1. The molecule has 1 amide bonds. The number of rotatable bonds is 8. The molecule has 1 aromatic heterocycles. The number of benzene rings is 1. The van der Waals surface area contributed by atoms with Gasteiger partial charge < -0.3 is 30.2 Å². The third-order valence-electron chi connectivity index (χ3n) is 6.46. The molecule has 188 valence electrons. The van der Waals surface area contributed by atoms with Gasteiger partial charge >= 0.3 is 0 Å². The highest BCUT2D eigenvalue weighted by Gasteiger charge is 2.25. The Bertz CT molecular complexity index is 1020. The molecule has 2 saturated heterocycles. The van der Waals surface area contributed by atoms with Crippen molar-refractivity contribution in [1.82, 2.24) is 20.1 Å². The summed E-state index contributed by atoms with van der Waals surface area (Å²) in [5.74, 6) is 0.692. The Labute approximate surface area is 213 Å². The minimum Gasteiger partial charge on any atom is -0.369 e. The number of hydrogen-bond donors (Lipinski definition) is 2. The first-order valence-electron chi connectivity index (χ1n) is 12.2. The minimum absolute atomic E-state index is 0.0538. The monoisotopic (exact) mass is 497 g/mol. The lowest BCUT2D eigenvalue weighted by Gasteiger charge is -2.34. The molecule has 1 atom stereocenters. The predicted octanol–water partition coefficient (Wildman–Crippen LogP) is 3.04. The molecule has 1 aromatic carbocycles. The van der Waals surface area contributed by atoms with Crippen LogP contribution in [0, 0.1) is 0 Å². The summed E-state index contributed by atoms with van der Waals surface area (Å²) in [4.78, 5) is 25.7. The van der Waals surface area contributed by atoms with Gasteiger partial charge in [0.2, 0.25) is 5.91 Å². The van der Waals surface area contributed by atoms with Gasteiger partial charge in [-0.05, 0) is 51.8 Å². The van der Waals surface area contributed by atoms with Crippen LogP contribution in [-0.4, -0.2) is 93.7 Å². The molecule has 0 radical (unpaired) electrons. The molecule has 0 unspecified atom stereocenters. The fourth-order valence-corrected chi connectivity index (χ4v) is 4.65. The smallest absolute Gasteiger partial charge is 0.243 e. The maximum atomic E-state index is 12.2. The van der Waals surface area contributed by atoms with E-state index in [9.17, 15) is 4.79 Å². The number of nitrogens with one attached hydrogen (secondary N) is 2. The van der Waals surface area contributed by atoms with Crippen LogP contribution in [0.3, 0.4) is 0 Å². The van der Waals surface area contributed by atoms with Gasteiger partial charge in [-0.15, -0.1) is 0 Å². The number of likely N-dealkylation sites (N-methyl/N-ethyl adjacent to an activating group) is 2. The molecule has 4 rings (SSSR count). The van der Waals surface area contributed by atoms with Gasteiger partial charge in [-0.1, -0.05) is 17.7 Å². The highest BCUT2D eigenvalue weighted by atomic mass is 35.5. The Morgan fingerprint density at radius 1 is 1.14 bits per heavy atom. The fourth-order valence-electron chi connectivity index (χ4n) is 4.42. The van der Waals surface area contributed by atoms with Crippen LogP contribution >= 0.6 is 11.6 Å². The molecule has 0 saturated carbocycles. The molecule has 2 aliphatic rings. The summed E-state index contributed by atoms with van der Waals surface area (Å²) in [5, 5.41) is 7.11. The van der Waals surface area contributed by atoms with Gasteiger partial charge in [0, 0.05) is 75.4 Å². The highest BCUT2D eigenvalue weighted by molar-refractivity contribution is 6.33. The van der Waals surface area contributed by atoms with E-state index >= 15 is 0 Å². The quantitative estimate of drug-likeness (QED) is 0.543. The van der Waals surface area contributed by atoms with Crippen LogP contribution in [0.15, 0.2) is 48.7 Å². The van der Waals surface area contributed by atoms with Gasteiger partial charge in [0.15, 0.2) is 0 Å². The van der Waals surface area contributed by atoms with Crippen molar-refractivity contribution in [2.24, 2.45) is 0 Å². The van der Waals surface area contributed by atoms with Crippen LogP contribution in [0.5, 0.6) is 0 Å². The normalized spacial score (nSPS) is 19.1. The zero-order chi connectivity index (χ0) is 24.8. The number of hydrogen-bond acceptors (Lipinski definition) is 7. The molecule has 35 heavy (non-hydrogen) atoms. The van der Waals surface area contributed by atoms with Crippen molar-refractivity contribution in [3.05, 3.63) is 53.7 Å². The molecule has 2 aromatic rings. The Kier molecular flexibility index (Phi) is 8.49. The van der Waals surface area contributed by atoms with E-state index in [1.807, 2.05) is 31.1 Å². The molecule has 0 spiro atoms. The summed E-state index contributed by atoms with van der Waals surface area (Å²) in [5.41, 5.74) is 3.16. The SMILES string of the molecule is CN(C)C/C=C/C(=O)N[C@@H]1CCN(c2cc(Nc3ccc(N4CCN(C)CC4)cc3)ncc2Cl)C1. The van der Waals surface area contributed by atoms with Crippen molar-refractivity contribution < 1.29 is 4.79 Å². The second-order valence-electron chi connectivity index (χ2n) is 9.59. The number of aromatic nitrogens is 1. The molecule has 2 aliphatic heterocycles. The molecular weight excluding hydrogens is 462 g/mol.